The maximum Gasteiger partial charge on any atom is 0.228 e. The first-order valence-electron chi connectivity index (χ1n) is 6.23. The Morgan fingerprint density at radius 1 is 1.56 bits per heavy atom. The lowest BCUT2D eigenvalue weighted by Crippen LogP contribution is -2.37. The van der Waals surface area contributed by atoms with Gasteiger partial charge in [-0.15, -0.1) is 0 Å². The number of nitrogens with one attached hydrogen (secondary N) is 2. The van der Waals surface area contributed by atoms with Gasteiger partial charge in [0.2, 0.25) is 5.91 Å². The number of carbonyl (C=O) groups is 1. The van der Waals surface area contributed by atoms with Gasteiger partial charge in [-0.25, -0.2) is 0 Å². The molecular weight excluding hydrogens is 226 g/mol. The maximum absolute atomic E-state index is 12.1. The minimum atomic E-state index is 0.00398. The van der Waals surface area contributed by atoms with E-state index in [1.807, 2.05) is 19.1 Å². The van der Waals surface area contributed by atoms with Crippen molar-refractivity contribution in [3.8, 4) is 6.07 Å². The number of amides is 1. The molecule has 2 rings (SSSR count). The van der Waals surface area contributed by atoms with Crippen LogP contribution in [0.5, 0.6) is 0 Å². The van der Waals surface area contributed by atoms with Crippen molar-refractivity contribution in [1.29, 1.82) is 5.26 Å². The maximum atomic E-state index is 12.1. The molecule has 1 heterocycles. The molecule has 1 aliphatic heterocycles. The summed E-state index contributed by atoms with van der Waals surface area (Å²) in [6, 6.07) is 7.64. The number of hydrogen-bond acceptors (Lipinski definition) is 3. The van der Waals surface area contributed by atoms with Crippen LogP contribution in [0.4, 0.5) is 5.69 Å². The molecule has 4 heteroatoms. The van der Waals surface area contributed by atoms with Gasteiger partial charge in [-0.2, -0.15) is 5.26 Å². The summed E-state index contributed by atoms with van der Waals surface area (Å²) in [7, 11) is 0. The second kappa shape index (κ2) is 5.65. The van der Waals surface area contributed by atoms with Gasteiger partial charge >= 0.3 is 0 Å². The zero-order valence-electron chi connectivity index (χ0n) is 10.5. The zero-order chi connectivity index (χ0) is 13.0. The molecule has 1 aliphatic rings. The highest BCUT2D eigenvalue weighted by atomic mass is 16.1. The molecule has 1 fully saturated rings. The van der Waals surface area contributed by atoms with E-state index in [1.165, 1.54) is 0 Å². The van der Waals surface area contributed by atoms with E-state index < -0.39 is 0 Å². The van der Waals surface area contributed by atoms with Crippen LogP contribution in [0.15, 0.2) is 18.2 Å². The van der Waals surface area contributed by atoms with E-state index in [0.717, 1.165) is 31.5 Å². The first kappa shape index (κ1) is 12.6. The van der Waals surface area contributed by atoms with Crippen molar-refractivity contribution >= 4 is 11.6 Å². The number of carbonyl (C=O) groups excluding carboxylic acids is 1. The fourth-order valence-electron chi connectivity index (χ4n) is 2.23. The fraction of sp³-hybridized carbons (Fsp3) is 0.429. The highest BCUT2D eigenvalue weighted by Crippen LogP contribution is 2.20. The van der Waals surface area contributed by atoms with Gasteiger partial charge in [-0.3, -0.25) is 4.79 Å². The molecule has 0 saturated carbocycles. The molecule has 18 heavy (non-hydrogen) atoms. The number of nitrogens with zero attached hydrogens (tertiary/aromatic N) is 1. The predicted octanol–water partition coefficient (Wildman–Crippen LogP) is 1.80. The molecule has 0 aromatic heterocycles. The van der Waals surface area contributed by atoms with E-state index in [0.29, 0.717) is 11.3 Å². The van der Waals surface area contributed by atoms with Crippen molar-refractivity contribution in [2.75, 3.05) is 18.4 Å². The minimum absolute atomic E-state index is 0.00398. The Labute approximate surface area is 107 Å². The summed E-state index contributed by atoms with van der Waals surface area (Å²) < 4.78 is 0. The van der Waals surface area contributed by atoms with Crippen LogP contribution < -0.4 is 10.6 Å². The van der Waals surface area contributed by atoms with E-state index in [4.69, 9.17) is 5.26 Å². The highest BCUT2D eigenvalue weighted by molar-refractivity contribution is 5.94. The number of rotatable bonds is 2. The van der Waals surface area contributed by atoms with Crippen LogP contribution in [0.3, 0.4) is 0 Å². The average Bonchev–Trinajstić information content (AvgIpc) is 2.40. The lowest BCUT2D eigenvalue weighted by molar-refractivity contribution is -0.120. The number of piperidine rings is 1. The number of aryl methyl sites for hydroxylation is 1. The normalized spacial score (nSPS) is 19.0. The largest absolute Gasteiger partial charge is 0.325 e. The monoisotopic (exact) mass is 243 g/mol. The van der Waals surface area contributed by atoms with Gasteiger partial charge in [0.05, 0.1) is 17.2 Å². The number of nitriles is 1. The average molecular weight is 243 g/mol. The summed E-state index contributed by atoms with van der Waals surface area (Å²) in [5.74, 6) is 0.00936. The molecule has 94 valence electrons. The Kier molecular flexibility index (Phi) is 3.96. The summed E-state index contributed by atoms with van der Waals surface area (Å²) in [6.45, 7) is 3.58. The summed E-state index contributed by atoms with van der Waals surface area (Å²) >= 11 is 0. The second-order valence-electron chi connectivity index (χ2n) is 4.64. The van der Waals surface area contributed by atoms with Gasteiger partial charge in [0.25, 0.3) is 0 Å². The van der Waals surface area contributed by atoms with Gasteiger partial charge in [-0.05, 0) is 37.9 Å². The Bertz CT molecular complexity index is 484. The molecule has 1 saturated heterocycles. The van der Waals surface area contributed by atoms with E-state index in [1.54, 1.807) is 6.07 Å². The molecule has 4 nitrogen and oxygen atoms in total. The predicted molar refractivity (Wildman–Crippen MR) is 70.1 cm³/mol. The van der Waals surface area contributed by atoms with Crippen molar-refractivity contribution in [1.82, 2.24) is 5.32 Å². The lowest BCUT2D eigenvalue weighted by atomic mass is 9.98. The van der Waals surface area contributed by atoms with Crippen molar-refractivity contribution in [3.63, 3.8) is 0 Å². The molecule has 1 amide bonds. The Morgan fingerprint density at radius 3 is 3.06 bits per heavy atom. The fourth-order valence-corrected chi connectivity index (χ4v) is 2.23. The highest BCUT2D eigenvalue weighted by Gasteiger charge is 2.21. The van der Waals surface area contributed by atoms with Crippen LogP contribution in [0, 0.1) is 24.2 Å². The molecular formula is C14H17N3O. The van der Waals surface area contributed by atoms with Gasteiger partial charge in [0.1, 0.15) is 6.07 Å². The molecule has 1 aromatic carbocycles. The van der Waals surface area contributed by atoms with Crippen molar-refractivity contribution in [3.05, 3.63) is 29.3 Å². The third-order valence-electron chi connectivity index (χ3n) is 3.31. The third-order valence-corrected chi connectivity index (χ3v) is 3.31. The molecule has 0 radical (unpaired) electrons. The van der Waals surface area contributed by atoms with Crippen molar-refractivity contribution in [2.45, 2.75) is 19.8 Å². The second-order valence-corrected chi connectivity index (χ2v) is 4.64. The van der Waals surface area contributed by atoms with Crippen LogP contribution in [-0.4, -0.2) is 19.0 Å². The first-order valence-corrected chi connectivity index (χ1v) is 6.23. The summed E-state index contributed by atoms with van der Waals surface area (Å²) in [5.41, 5.74) is 2.06. The van der Waals surface area contributed by atoms with Gasteiger partial charge in [-0.1, -0.05) is 12.1 Å². The van der Waals surface area contributed by atoms with Crippen LogP contribution in [0.2, 0.25) is 0 Å². The van der Waals surface area contributed by atoms with Crippen LogP contribution in [0.25, 0.3) is 0 Å². The van der Waals surface area contributed by atoms with Gasteiger partial charge in [0, 0.05) is 6.54 Å². The molecule has 0 bridgehead atoms. The standard InChI is InChI=1S/C14H17N3O/c1-10-4-2-6-13(12(10)8-15)17-14(18)11-5-3-7-16-9-11/h2,4,6,11,16H,3,5,7,9H2,1H3,(H,17,18). The van der Waals surface area contributed by atoms with E-state index in [2.05, 4.69) is 16.7 Å². The molecule has 0 spiro atoms. The van der Waals surface area contributed by atoms with E-state index >= 15 is 0 Å². The molecule has 2 N–H and O–H groups in total. The van der Waals surface area contributed by atoms with Crippen LogP contribution in [-0.2, 0) is 4.79 Å². The van der Waals surface area contributed by atoms with Crippen LogP contribution in [0.1, 0.15) is 24.0 Å². The zero-order valence-corrected chi connectivity index (χ0v) is 10.5. The van der Waals surface area contributed by atoms with Crippen molar-refractivity contribution < 1.29 is 4.79 Å². The number of anilines is 1. The molecule has 1 atom stereocenters. The van der Waals surface area contributed by atoms with E-state index in [-0.39, 0.29) is 11.8 Å². The topological polar surface area (TPSA) is 64.9 Å². The van der Waals surface area contributed by atoms with Crippen molar-refractivity contribution in [2.24, 2.45) is 5.92 Å². The van der Waals surface area contributed by atoms with Crippen LogP contribution >= 0.6 is 0 Å². The first-order chi connectivity index (χ1) is 8.72. The number of benzene rings is 1. The molecule has 0 aliphatic carbocycles. The Balaban J connectivity index is 2.12. The summed E-state index contributed by atoms with van der Waals surface area (Å²) in [4.78, 5) is 12.1. The Morgan fingerprint density at radius 2 is 2.39 bits per heavy atom. The third kappa shape index (κ3) is 2.69. The quantitative estimate of drug-likeness (QED) is 0.832. The molecule has 1 unspecified atom stereocenters. The lowest BCUT2D eigenvalue weighted by Gasteiger charge is -2.22. The van der Waals surface area contributed by atoms with Gasteiger partial charge in [0.15, 0.2) is 0 Å². The summed E-state index contributed by atoms with van der Waals surface area (Å²) in [6.07, 6.45) is 1.93. The minimum Gasteiger partial charge on any atom is -0.325 e. The number of hydrogen-bond donors (Lipinski definition) is 2. The molecule has 1 aromatic rings. The smallest absolute Gasteiger partial charge is 0.228 e. The summed E-state index contributed by atoms with van der Waals surface area (Å²) in [5, 5.41) is 15.2. The SMILES string of the molecule is Cc1cccc(NC(=O)C2CCCNC2)c1C#N. The van der Waals surface area contributed by atoms with Gasteiger partial charge < -0.3 is 10.6 Å². The Hall–Kier alpha value is -1.86. The van der Waals surface area contributed by atoms with E-state index in [9.17, 15) is 4.79 Å².